The number of aliphatic hydroxyl groups excluding tert-OH is 1. The van der Waals surface area contributed by atoms with Gasteiger partial charge in [0.2, 0.25) is 10.0 Å². The molecule has 4 nitrogen and oxygen atoms in total. The minimum Gasteiger partial charge on any atom is -0.392 e. The second-order valence-corrected chi connectivity index (χ2v) is 7.86. The first-order chi connectivity index (χ1) is 9.83. The van der Waals surface area contributed by atoms with Crippen LogP contribution in [0.25, 0.3) is 0 Å². The van der Waals surface area contributed by atoms with Crippen molar-refractivity contribution in [3.05, 3.63) is 50.9 Å². The normalized spacial score (nSPS) is 13.3. The Morgan fingerprint density at radius 3 is 2.67 bits per heavy atom. The summed E-state index contributed by atoms with van der Waals surface area (Å²) < 4.78 is 40.9. The Kier molecular flexibility index (Phi) is 5.00. The number of sulfonamides is 1. The highest BCUT2D eigenvalue weighted by Crippen LogP contribution is 2.28. The van der Waals surface area contributed by atoms with Crippen LogP contribution in [-0.2, 0) is 16.6 Å². The quantitative estimate of drug-likeness (QED) is 0.871. The molecule has 0 saturated carbocycles. The third-order valence-corrected chi connectivity index (χ3v) is 5.80. The van der Waals surface area contributed by atoms with Gasteiger partial charge < -0.3 is 5.11 Å². The average Bonchev–Trinajstić information content (AvgIpc) is 2.85. The van der Waals surface area contributed by atoms with Gasteiger partial charge in [0, 0.05) is 10.4 Å². The molecule has 21 heavy (non-hydrogen) atoms. The van der Waals surface area contributed by atoms with Gasteiger partial charge in [-0.3, -0.25) is 0 Å². The summed E-state index contributed by atoms with van der Waals surface area (Å²) in [5, 5.41) is 9.00. The van der Waals surface area contributed by atoms with Gasteiger partial charge in [0.15, 0.2) is 0 Å². The molecule has 114 valence electrons. The lowest BCUT2D eigenvalue weighted by Gasteiger charge is -2.13. The van der Waals surface area contributed by atoms with Gasteiger partial charge in [-0.1, -0.05) is 11.6 Å². The summed E-state index contributed by atoms with van der Waals surface area (Å²) in [5.41, 5.74) is -0.0651. The van der Waals surface area contributed by atoms with Gasteiger partial charge in [-0.25, -0.2) is 17.5 Å². The molecular formula is C13H13ClFNO3S2. The third kappa shape index (κ3) is 3.81. The van der Waals surface area contributed by atoms with Gasteiger partial charge >= 0.3 is 0 Å². The van der Waals surface area contributed by atoms with Crippen molar-refractivity contribution in [2.24, 2.45) is 0 Å². The van der Waals surface area contributed by atoms with E-state index in [2.05, 4.69) is 4.72 Å². The Balaban J connectivity index is 2.26. The highest BCUT2D eigenvalue weighted by atomic mass is 35.5. The lowest BCUT2D eigenvalue weighted by atomic mass is 10.2. The van der Waals surface area contributed by atoms with Crippen molar-refractivity contribution in [3.8, 4) is 0 Å². The molecule has 1 aromatic heterocycles. The Labute approximate surface area is 131 Å². The number of hydrogen-bond acceptors (Lipinski definition) is 4. The van der Waals surface area contributed by atoms with E-state index in [1.54, 1.807) is 19.1 Å². The predicted molar refractivity (Wildman–Crippen MR) is 80.4 cm³/mol. The number of benzene rings is 1. The Morgan fingerprint density at radius 1 is 1.38 bits per heavy atom. The molecule has 0 fully saturated rings. The summed E-state index contributed by atoms with van der Waals surface area (Å²) in [6.45, 7) is 1.13. The van der Waals surface area contributed by atoms with Crippen molar-refractivity contribution in [2.75, 3.05) is 0 Å². The van der Waals surface area contributed by atoms with Crippen molar-refractivity contribution >= 4 is 33.0 Å². The maximum absolute atomic E-state index is 13.3. The molecule has 0 spiro atoms. The fourth-order valence-corrected chi connectivity index (χ4v) is 4.17. The highest BCUT2D eigenvalue weighted by molar-refractivity contribution is 7.89. The molecule has 8 heteroatoms. The van der Waals surface area contributed by atoms with Crippen LogP contribution in [0.3, 0.4) is 0 Å². The summed E-state index contributed by atoms with van der Waals surface area (Å²) in [4.78, 5) is 0.676. The summed E-state index contributed by atoms with van der Waals surface area (Å²) in [6.07, 6.45) is 0. The van der Waals surface area contributed by atoms with E-state index in [0.717, 1.165) is 23.1 Å². The maximum atomic E-state index is 13.3. The van der Waals surface area contributed by atoms with Gasteiger partial charge in [0.25, 0.3) is 0 Å². The predicted octanol–water partition coefficient (Wildman–Crippen LogP) is 3.07. The van der Waals surface area contributed by atoms with Crippen molar-refractivity contribution in [1.29, 1.82) is 0 Å². The molecule has 0 bridgehead atoms. The Morgan fingerprint density at radius 2 is 2.10 bits per heavy atom. The molecule has 2 N–H and O–H groups in total. The second kappa shape index (κ2) is 6.41. The molecule has 1 aromatic carbocycles. The number of rotatable bonds is 5. The van der Waals surface area contributed by atoms with Gasteiger partial charge in [0.05, 0.1) is 21.9 Å². The van der Waals surface area contributed by atoms with Crippen molar-refractivity contribution in [2.45, 2.75) is 24.5 Å². The fraction of sp³-hybridized carbons (Fsp3) is 0.231. The van der Waals surface area contributed by atoms with Crippen LogP contribution in [0.2, 0.25) is 4.34 Å². The zero-order valence-electron chi connectivity index (χ0n) is 11.0. The van der Waals surface area contributed by atoms with Crippen LogP contribution in [0.15, 0.2) is 35.2 Å². The van der Waals surface area contributed by atoms with E-state index < -0.39 is 28.5 Å². The third-order valence-electron chi connectivity index (χ3n) is 2.85. The summed E-state index contributed by atoms with van der Waals surface area (Å²) in [7, 11) is -3.81. The van der Waals surface area contributed by atoms with Crippen LogP contribution in [-0.4, -0.2) is 13.5 Å². The molecule has 0 radical (unpaired) electrons. The largest absolute Gasteiger partial charge is 0.392 e. The maximum Gasteiger partial charge on any atom is 0.241 e. The fourth-order valence-electron chi connectivity index (χ4n) is 1.76. The van der Waals surface area contributed by atoms with E-state index >= 15 is 0 Å². The summed E-state index contributed by atoms with van der Waals surface area (Å²) in [5.74, 6) is -0.644. The smallest absolute Gasteiger partial charge is 0.241 e. The van der Waals surface area contributed by atoms with Crippen molar-refractivity contribution < 1.29 is 17.9 Å². The van der Waals surface area contributed by atoms with E-state index in [4.69, 9.17) is 16.7 Å². The molecule has 1 unspecified atom stereocenters. The number of halogens is 2. The summed E-state index contributed by atoms with van der Waals surface area (Å²) in [6, 6.07) is 6.26. The first-order valence-electron chi connectivity index (χ1n) is 6.00. The standard InChI is InChI=1S/C13H13ClFNO3S2/c1-8(12-4-5-13(14)20-12)16-21(18,19)10-2-3-11(15)9(6-10)7-17/h2-6,8,16-17H,7H2,1H3. The molecule has 0 aliphatic carbocycles. The number of thiophene rings is 1. The zero-order valence-corrected chi connectivity index (χ0v) is 13.4. The van der Waals surface area contributed by atoms with E-state index in [-0.39, 0.29) is 10.5 Å². The molecule has 2 rings (SSSR count). The topological polar surface area (TPSA) is 66.4 Å². The molecule has 1 atom stereocenters. The minimum atomic E-state index is -3.81. The molecule has 2 aromatic rings. The van der Waals surface area contributed by atoms with Gasteiger partial charge in [-0.05, 0) is 37.3 Å². The van der Waals surface area contributed by atoms with Crippen LogP contribution in [0.1, 0.15) is 23.4 Å². The zero-order chi connectivity index (χ0) is 15.6. The van der Waals surface area contributed by atoms with Crippen LogP contribution in [0.4, 0.5) is 4.39 Å². The molecule has 0 aliphatic rings. The Hall–Kier alpha value is -0.990. The van der Waals surface area contributed by atoms with E-state index in [1.807, 2.05) is 0 Å². The minimum absolute atomic E-state index is 0.0651. The van der Waals surface area contributed by atoms with E-state index in [0.29, 0.717) is 4.34 Å². The average molecular weight is 350 g/mol. The van der Waals surface area contributed by atoms with Crippen LogP contribution < -0.4 is 4.72 Å². The SMILES string of the molecule is CC(NS(=O)(=O)c1ccc(F)c(CO)c1)c1ccc(Cl)s1. The Bertz CT molecular complexity index is 746. The first kappa shape index (κ1) is 16.4. The highest BCUT2D eigenvalue weighted by Gasteiger charge is 2.20. The van der Waals surface area contributed by atoms with Gasteiger partial charge in [-0.15, -0.1) is 11.3 Å². The van der Waals surface area contributed by atoms with Crippen LogP contribution >= 0.6 is 22.9 Å². The second-order valence-electron chi connectivity index (χ2n) is 4.40. The van der Waals surface area contributed by atoms with Crippen molar-refractivity contribution in [1.82, 2.24) is 4.72 Å². The first-order valence-corrected chi connectivity index (χ1v) is 8.68. The number of hydrogen-bond donors (Lipinski definition) is 2. The molecule has 0 aliphatic heterocycles. The molecule has 1 heterocycles. The molecular weight excluding hydrogens is 337 g/mol. The van der Waals surface area contributed by atoms with E-state index in [1.165, 1.54) is 11.3 Å². The van der Waals surface area contributed by atoms with E-state index in [9.17, 15) is 12.8 Å². The number of nitrogens with one attached hydrogen (secondary N) is 1. The number of aliphatic hydroxyl groups is 1. The monoisotopic (exact) mass is 349 g/mol. The van der Waals surface area contributed by atoms with Gasteiger partial charge in [0.1, 0.15) is 5.82 Å². The van der Waals surface area contributed by atoms with Gasteiger partial charge in [-0.2, -0.15) is 0 Å². The van der Waals surface area contributed by atoms with Crippen LogP contribution in [0, 0.1) is 5.82 Å². The molecule has 0 saturated heterocycles. The molecule has 0 amide bonds. The lowest BCUT2D eigenvalue weighted by Crippen LogP contribution is -2.26. The van der Waals surface area contributed by atoms with Crippen LogP contribution in [0.5, 0.6) is 0 Å². The lowest BCUT2D eigenvalue weighted by molar-refractivity contribution is 0.275. The summed E-state index contributed by atoms with van der Waals surface area (Å²) >= 11 is 7.10. The van der Waals surface area contributed by atoms with Crippen molar-refractivity contribution in [3.63, 3.8) is 0 Å².